The van der Waals surface area contributed by atoms with Crippen LogP contribution in [0.4, 0.5) is 4.79 Å². The molecule has 2 fully saturated rings. The lowest BCUT2D eigenvalue weighted by Gasteiger charge is -2.35. The fourth-order valence-corrected chi connectivity index (χ4v) is 8.42. The van der Waals surface area contributed by atoms with Gasteiger partial charge in [0.05, 0.1) is 47.0 Å². The van der Waals surface area contributed by atoms with Crippen LogP contribution < -0.4 is 5.32 Å². The average molecular weight is 915 g/mol. The van der Waals surface area contributed by atoms with Gasteiger partial charge in [0.1, 0.15) is 16.9 Å². The Morgan fingerprint density at radius 2 is 0.884 bits per heavy atom. The standard InChI is InChI=1S/C30H29N5O3.C25H21N5O/c1-30(2,3)38-29(37)34-16-14-33(15-17-34)28(36)24-10-8-22(9-11-24)25-12-13-27-32-19-26(35(27)20-25)23-6-4-21(18-31)5-7-23;26-15-18-1-3-20(4-2-18)23-16-28-24-10-9-22(17-30(23)24)19-5-7-21(8-6-19)25(31)29-13-11-27-12-14-29/h4-13,19-20H,14-17H2,1-3H3;1-10,16-17,27H,11-14H2. The molecule has 14 heteroatoms. The number of nitrogens with one attached hydrogen (secondary N) is 1. The van der Waals surface area contributed by atoms with Gasteiger partial charge in [-0.25, -0.2) is 14.8 Å². The zero-order valence-corrected chi connectivity index (χ0v) is 38.7. The third-order valence-corrected chi connectivity index (χ3v) is 12.2. The lowest BCUT2D eigenvalue weighted by molar-refractivity contribution is 0.0141. The van der Waals surface area contributed by atoms with Gasteiger partial charge in [0.25, 0.3) is 11.8 Å². The van der Waals surface area contributed by atoms with Crippen LogP contribution in [-0.4, -0.2) is 109 Å². The highest BCUT2D eigenvalue weighted by Gasteiger charge is 2.28. The van der Waals surface area contributed by atoms with Gasteiger partial charge in [0, 0.05) is 87.0 Å². The van der Waals surface area contributed by atoms with Crippen LogP contribution in [0.5, 0.6) is 0 Å². The van der Waals surface area contributed by atoms with E-state index in [9.17, 15) is 14.4 Å². The van der Waals surface area contributed by atoms with E-state index >= 15 is 0 Å². The summed E-state index contributed by atoms with van der Waals surface area (Å²) in [6.45, 7) is 10.5. The maximum Gasteiger partial charge on any atom is 0.410 e. The number of nitrogens with zero attached hydrogens (tertiary/aromatic N) is 9. The van der Waals surface area contributed by atoms with Gasteiger partial charge in [-0.05, 0) is 116 Å². The molecule has 6 heterocycles. The van der Waals surface area contributed by atoms with Gasteiger partial charge in [-0.2, -0.15) is 10.5 Å². The second kappa shape index (κ2) is 19.7. The van der Waals surface area contributed by atoms with Crippen molar-refractivity contribution in [2.24, 2.45) is 0 Å². The third kappa shape index (κ3) is 10.2. The van der Waals surface area contributed by atoms with Crippen LogP contribution in [0.2, 0.25) is 0 Å². The van der Waals surface area contributed by atoms with Crippen LogP contribution in [0, 0.1) is 22.7 Å². The van der Waals surface area contributed by atoms with E-state index in [0.29, 0.717) is 48.4 Å². The van der Waals surface area contributed by atoms with E-state index in [2.05, 4.69) is 38.0 Å². The number of aromatic nitrogens is 4. The summed E-state index contributed by atoms with van der Waals surface area (Å²) in [5, 5.41) is 21.4. The summed E-state index contributed by atoms with van der Waals surface area (Å²) >= 11 is 0. The van der Waals surface area contributed by atoms with E-state index in [-0.39, 0.29) is 17.9 Å². The van der Waals surface area contributed by atoms with Gasteiger partial charge in [-0.1, -0.05) is 48.5 Å². The highest BCUT2D eigenvalue weighted by Crippen LogP contribution is 2.28. The number of carbonyl (C=O) groups is 3. The number of piperazine rings is 2. The van der Waals surface area contributed by atoms with E-state index in [1.54, 1.807) is 21.9 Å². The Morgan fingerprint density at radius 1 is 0.507 bits per heavy atom. The van der Waals surface area contributed by atoms with Crippen molar-refractivity contribution >= 4 is 29.2 Å². The number of imidazole rings is 2. The fraction of sp³-hybridized carbons (Fsp3) is 0.218. The van der Waals surface area contributed by atoms with E-state index in [4.69, 9.17) is 15.3 Å². The zero-order valence-electron chi connectivity index (χ0n) is 38.7. The minimum absolute atomic E-state index is 0.0476. The predicted octanol–water partition coefficient (Wildman–Crippen LogP) is 8.82. The van der Waals surface area contributed by atoms with Crippen LogP contribution in [0.1, 0.15) is 52.6 Å². The maximum absolute atomic E-state index is 13.1. The van der Waals surface area contributed by atoms with Gasteiger partial charge in [-0.15, -0.1) is 0 Å². The Labute approximate surface area is 400 Å². The minimum atomic E-state index is -0.542. The predicted molar refractivity (Wildman–Crippen MR) is 264 cm³/mol. The smallest absolute Gasteiger partial charge is 0.410 e. The Balaban J connectivity index is 0.000000175. The molecular formula is C55H50N10O4. The highest BCUT2D eigenvalue weighted by atomic mass is 16.6. The number of ether oxygens (including phenoxy) is 1. The Morgan fingerprint density at radius 3 is 1.29 bits per heavy atom. The quantitative estimate of drug-likeness (QED) is 0.172. The number of fused-ring (bicyclic) bond motifs is 2. The van der Waals surface area contributed by atoms with Crippen LogP contribution in [0.3, 0.4) is 0 Å². The molecule has 4 aromatic heterocycles. The molecule has 0 saturated carbocycles. The van der Waals surface area contributed by atoms with Crippen LogP contribution >= 0.6 is 0 Å². The van der Waals surface area contributed by atoms with Gasteiger partial charge < -0.3 is 24.8 Å². The van der Waals surface area contributed by atoms with E-state index < -0.39 is 5.60 Å². The summed E-state index contributed by atoms with van der Waals surface area (Å²) in [6, 6.07) is 42.6. The molecule has 0 atom stereocenters. The average Bonchev–Trinajstić information content (AvgIpc) is 4.03. The first-order chi connectivity index (χ1) is 33.4. The molecule has 344 valence electrons. The van der Waals surface area contributed by atoms with Crippen molar-refractivity contribution in [1.82, 2.24) is 38.8 Å². The first kappa shape index (κ1) is 45.6. The van der Waals surface area contributed by atoms with Crippen LogP contribution in [0.25, 0.3) is 56.1 Å². The number of hydrogen-bond donors (Lipinski definition) is 1. The summed E-state index contributed by atoms with van der Waals surface area (Å²) in [5.41, 5.74) is 11.6. The molecular weight excluding hydrogens is 865 g/mol. The first-order valence-corrected chi connectivity index (χ1v) is 22.9. The molecule has 0 unspecified atom stereocenters. The van der Waals surface area contributed by atoms with Crippen molar-refractivity contribution in [1.29, 1.82) is 10.5 Å². The molecule has 3 amide bonds. The molecule has 0 bridgehead atoms. The number of carbonyl (C=O) groups excluding carboxylic acids is 3. The van der Waals surface area contributed by atoms with Crippen molar-refractivity contribution in [3.63, 3.8) is 0 Å². The van der Waals surface area contributed by atoms with E-state index in [1.807, 2.05) is 158 Å². The van der Waals surface area contributed by atoms with Crippen molar-refractivity contribution in [2.75, 3.05) is 52.4 Å². The summed E-state index contributed by atoms with van der Waals surface area (Å²) < 4.78 is 9.52. The van der Waals surface area contributed by atoms with Gasteiger partial charge in [0.15, 0.2) is 0 Å². The summed E-state index contributed by atoms with van der Waals surface area (Å²) in [5.74, 6) is 0.0368. The monoisotopic (exact) mass is 914 g/mol. The van der Waals surface area contributed by atoms with Gasteiger partial charge in [0.2, 0.25) is 0 Å². The van der Waals surface area contributed by atoms with Gasteiger partial charge >= 0.3 is 6.09 Å². The minimum Gasteiger partial charge on any atom is -0.444 e. The normalized spacial score (nSPS) is 13.8. The third-order valence-electron chi connectivity index (χ3n) is 12.2. The van der Waals surface area contributed by atoms with E-state index in [0.717, 1.165) is 82.2 Å². The van der Waals surface area contributed by atoms with Crippen LogP contribution in [0.15, 0.2) is 146 Å². The van der Waals surface area contributed by atoms with Crippen molar-refractivity contribution < 1.29 is 19.1 Å². The summed E-state index contributed by atoms with van der Waals surface area (Å²) in [4.78, 5) is 52.4. The zero-order chi connectivity index (χ0) is 48.1. The Hall–Kier alpha value is -8.59. The molecule has 4 aromatic carbocycles. The Bertz CT molecular complexity index is 3230. The molecule has 2 aliphatic heterocycles. The Kier molecular flexibility index (Phi) is 13.0. The molecule has 1 N–H and O–H groups in total. The van der Waals surface area contributed by atoms with Crippen molar-refractivity contribution in [2.45, 2.75) is 26.4 Å². The molecule has 0 radical (unpaired) electrons. The SMILES string of the molecule is CC(C)(C)OC(=O)N1CCN(C(=O)c2ccc(-c3ccc4ncc(-c5ccc(C#N)cc5)n4c3)cc2)CC1.N#Cc1ccc(-c2cnc3ccc(-c4ccc(C(=O)N5CCNCC5)cc4)cn23)cc1. The number of hydrogen-bond acceptors (Lipinski definition) is 9. The second-order valence-electron chi connectivity index (χ2n) is 17.9. The number of amides is 3. The number of nitriles is 2. The molecule has 69 heavy (non-hydrogen) atoms. The molecule has 10 rings (SSSR count). The molecule has 8 aromatic rings. The topological polar surface area (TPSA) is 164 Å². The van der Waals surface area contributed by atoms with Crippen molar-refractivity contribution in [3.8, 4) is 56.9 Å². The second-order valence-corrected chi connectivity index (χ2v) is 17.9. The lowest BCUT2D eigenvalue weighted by Crippen LogP contribution is -2.51. The molecule has 0 spiro atoms. The molecule has 14 nitrogen and oxygen atoms in total. The highest BCUT2D eigenvalue weighted by molar-refractivity contribution is 5.95. The van der Waals surface area contributed by atoms with Gasteiger partial charge in [-0.3, -0.25) is 18.4 Å². The number of pyridine rings is 2. The fourth-order valence-electron chi connectivity index (χ4n) is 8.42. The lowest BCUT2D eigenvalue weighted by atomic mass is 10.0. The number of rotatable bonds is 6. The van der Waals surface area contributed by atoms with Crippen LogP contribution in [-0.2, 0) is 4.74 Å². The molecule has 2 saturated heterocycles. The first-order valence-electron chi connectivity index (χ1n) is 22.9. The summed E-state index contributed by atoms with van der Waals surface area (Å²) in [6.07, 6.45) is 7.41. The summed E-state index contributed by atoms with van der Waals surface area (Å²) in [7, 11) is 0. The van der Waals surface area contributed by atoms with E-state index in [1.165, 1.54) is 0 Å². The number of benzene rings is 4. The molecule has 0 aliphatic carbocycles. The maximum atomic E-state index is 13.1. The van der Waals surface area contributed by atoms with Crippen molar-refractivity contribution in [3.05, 3.63) is 168 Å². The largest absolute Gasteiger partial charge is 0.444 e. The molecule has 2 aliphatic rings.